The highest BCUT2D eigenvalue weighted by Gasteiger charge is 2.71. The van der Waals surface area contributed by atoms with Gasteiger partial charge in [0.2, 0.25) is 5.28 Å². The van der Waals surface area contributed by atoms with E-state index in [1.54, 1.807) is 47.7 Å². The highest BCUT2D eigenvalue weighted by molar-refractivity contribution is 7.71. The van der Waals surface area contributed by atoms with E-state index in [-0.39, 0.29) is 25.1 Å². The fourth-order valence-corrected chi connectivity index (χ4v) is 11.8. The van der Waals surface area contributed by atoms with Gasteiger partial charge in [0.15, 0.2) is 23.0 Å². The van der Waals surface area contributed by atoms with Crippen molar-refractivity contribution in [1.29, 1.82) is 0 Å². The summed E-state index contributed by atoms with van der Waals surface area (Å²) >= 11 is 6.09. The minimum atomic E-state index is -4.11. The molecule has 1 aromatic rings. The maximum absolute atomic E-state index is 14.3. The van der Waals surface area contributed by atoms with Gasteiger partial charge in [0.25, 0.3) is 0 Å². The van der Waals surface area contributed by atoms with Crippen LogP contribution in [0.2, 0.25) is 5.28 Å². The van der Waals surface area contributed by atoms with E-state index >= 15 is 0 Å². The lowest BCUT2D eigenvalue weighted by Crippen LogP contribution is -2.33. The van der Waals surface area contributed by atoms with Crippen LogP contribution in [0.3, 0.4) is 0 Å². The van der Waals surface area contributed by atoms with Crippen molar-refractivity contribution in [3.63, 3.8) is 0 Å². The fourth-order valence-electron chi connectivity index (χ4n) is 6.36. The summed E-state index contributed by atoms with van der Waals surface area (Å²) in [5.41, 5.74) is -1.24. The van der Waals surface area contributed by atoms with E-state index in [0.717, 1.165) is 31.3 Å². The summed E-state index contributed by atoms with van der Waals surface area (Å²) in [7, 11) is -6.63. The number of hydrogen-bond acceptors (Lipinski definition) is 14. The smallest absolute Gasteiger partial charge is 0.343 e. The molecule has 15 nitrogen and oxygen atoms in total. The normalized spacial score (nSPS) is 29.6. The van der Waals surface area contributed by atoms with E-state index < -0.39 is 62.0 Å². The maximum atomic E-state index is 14.3. The monoisotopic (exact) mass is 751 g/mol. The Morgan fingerprint density at radius 2 is 1.69 bits per heavy atom. The average Bonchev–Trinajstić information content (AvgIpc) is 3.20. The summed E-state index contributed by atoms with van der Waals surface area (Å²) in [5, 5.41) is 10.4. The van der Waals surface area contributed by atoms with Crippen LogP contribution in [-0.2, 0) is 46.2 Å². The minimum absolute atomic E-state index is 0.0651. The molecule has 2 saturated carbocycles. The molecule has 18 heteroatoms. The molecule has 2 aliphatic heterocycles. The van der Waals surface area contributed by atoms with Gasteiger partial charge in [-0.1, -0.05) is 12.8 Å². The second-order valence-electron chi connectivity index (χ2n) is 15.3. The molecule has 278 valence electrons. The first-order valence-electron chi connectivity index (χ1n) is 16.8. The molecule has 0 radical (unpaired) electrons. The van der Waals surface area contributed by atoms with Crippen LogP contribution in [0.4, 0.5) is 5.82 Å². The van der Waals surface area contributed by atoms with E-state index in [4.69, 9.17) is 48.6 Å². The lowest BCUT2D eigenvalue weighted by molar-refractivity contribution is -0.192. The molecule has 0 amide bonds. The molecule has 1 spiro atoms. The zero-order valence-corrected chi connectivity index (χ0v) is 32.5. The number of nitrogens with one attached hydrogen (secondary N) is 2. The molecule has 4 aliphatic rings. The highest BCUT2D eigenvalue weighted by atomic mass is 35.5. The predicted molar refractivity (Wildman–Crippen MR) is 182 cm³/mol. The van der Waals surface area contributed by atoms with Gasteiger partial charge in [0, 0.05) is 25.8 Å². The molecule has 2 saturated heterocycles. The first-order valence-corrected chi connectivity index (χ1v) is 20.6. The third-order valence-electron chi connectivity index (χ3n) is 8.10. The van der Waals surface area contributed by atoms with Crippen LogP contribution in [0, 0.1) is 0 Å². The molecular formula is C31H52ClN5O10P2. The van der Waals surface area contributed by atoms with Crippen LogP contribution in [0.5, 0.6) is 0 Å². The fraction of sp³-hybridized carbons (Fsp3) is 0.839. The van der Waals surface area contributed by atoms with E-state index in [1.165, 1.54) is 7.11 Å². The topological polar surface area (TPSA) is 174 Å². The number of rotatable bonds is 14. The van der Waals surface area contributed by atoms with Gasteiger partial charge in [0.1, 0.15) is 23.9 Å². The molecule has 4 fully saturated rings. The van der Waals surface area contributed by atoms with Crippen molar-refractivity contribution in [3.8, 4) is 0 Å². The molecule has 2 aliphatic carbocycles. The third kappa shape index (κ3) is 10.2. The number of anilines is 1. The number of H-pyrrole nitrogens is 1. The van der Waals surface area contributed by atoms with Crippen molar-refractivity contribution in [2.75, 3.05) is 38.2 Å². The molecule has 5 rings (SSSR count). The summed E-state index contributed by atoms with van der Waals surface area (Å²) in [4.78, 5) is 9.02. The first kappa shape index (κ1) is 39.0. The van der Waals surface area contributed by atoms with Crippen LogP contribution >= 0.6 is 26.8 Å². The minimum Gasteiger partial charge on any atom is -0.382 e. The molecule has 2 unspecified atom stereocenters. The van der Waals surface area contributed by atoms with E-state index in [0.29, 0.717) is 23.8 Å². The molecule has 5 atom stereocenters. The van der Waals surface area contributed by atoms with Gasteiger partial charge < -0.3 is 42.4 Å². The molecule has 1 aromatic heterocycles. The van der Waals surface area contributed by atoms with Gasteiger partial charge in [-0.2, -0.15) is 4.98 Å². The van der Waals surface area contributed by atoms with Gasteiger partial charge in [0.05, 0.1) is 31.0 Å². The summed E-state index contributed by atoms with van der Waals surface area (Å²) in [6, 6.07) is 0.294. The Labute approximate surface area is 293 Å². The second kappa shape index (κ2) is 14.7. The summed E-state index contributed by atoms with van der Waals surface area (Å²) in [6.45, 7) is 14.0. The van der Waals surface area contributed by atoms with Crippen LogP contribution in [-0.4, -0.2) is 95.0 Å². The number of aromatic nitrogens is 3. The molecule has 0 bridgehead atoms. The van der Waals surface area contributed by atoms with Crippen molar-refractivity contribution < 1.29 is 46.2 Å². The summed E-state index contributed by atoms with van der Waals surface area (Å²) < 4.78 is 76.3. The van der Waals surface area contributed by atoms with Crippen molar-refractivity contribution in [3.05, 3.63) is 22.5 Å². The van der Waals surface area contributed by atoms with Crippen molar-refractivity contribution >= 4 is 32.6 Å². The lowest BCUT2D eigenvalue weighted by Gasteiger charge is -2.33. The van der Waals surface area contributed by atoms with Crippen molar-refractivity contribution in [2.24, 2.45) is 4.99 Å². The number of methoxy groups -OCH3 is 1. The van der Waals surface area contributed by atoms with Gasteiger partial charge >= 0.3 is 15.2 Å². The number of hydrogen-bond donors (Lipinski definition) is 2. The van der Waals surface area contributed by atoms with Gasteiger partial charge in [-0.3, -0.25) is 14.2 Å². The number of fused-ring (bicyclic) bond motifs is 2. The van der Waals surface area contributed by atoms with Gasteiger partial charge in [-0.15, -0.1) is 5.10 Å². The van der Waals surface area contributed by atoms with E-state index in [2.05, 4.69) is 25.5 Å². The number of ether oxygens (including phenoxy) is 4. The molecule has 2 N–H and O–H groups in total. The Morgan fingerprint density at radius 1 is 1.02 bits per heavy atom. The Hall–Kier alpha value is -1.22. The largest absolute Gasteiger partial charge is 0.382 e. The average molecular weight is 752 g/mol. The maximum Gasteiger partial charge on any atom is 0.343 e. The van der Waals surface area contributed by atoms with Crippen LogP contribution in [0.1, 0.15) is 87.5 Å². The zero-order valence-electron chi connectivity index (χ0n) is 29.9. The standard InChI is InChI=1S/C31H52ClN5O10P2/c1-28(2,3)46-49(39,47-29(4,5)6)19-48(38,41-15-14-40-9)42-18-22-23-24(45-30(7,8)44-23)31(43-22)16-20(31)17-33-25-26(35-27(32)37-36-25)34-21-12-10-11-13-21/h17,21-24H,10-16,18-19H2,1-9H3,(H,33,36)(H,34,35,37)/b20-17+/t22-,23-,24-,31?,48?/m1/s1. The Balaban J connectivity index is 1.36. The van der Waals surface area contributed by atoms with E-state index in [1.807, 2.05) is 13.8 Å². The molecule has 3 heterocycles. The van der Waals surface area contributed by atoms with Crippen molar-refractivity contribution in [2.45, 2.75) is 134 Å². The quantitative estimate of drug-likeness (QED) is 0.160. The molecule has 0 aromatic carbocycles. The summed E-state index contributed by atoms with van der Waals surface area (Å²) in [6.07, 6.45) is 4.94. The number of halogens is 1. The van der Waals surface area contributed by atoms with Gasteiger partial charge in [-0.05, 0) is 85.4 Å². The lowest BCUT2D eigenvalue weighted by atomic mass is 10.1. The summed E-state index contributed by atoms with van der Waals surface area (Å²) in [5.74, 6) is -0.974. The SMILES string of the molecule is COCCOP(=O)(CP(=O)(OC(C)(C)C)OC(C)(C)C)OC[C@H]1OC2(C/C2=C\N=c2/[nH]nc(Cl)nc2NC2CCCC2)[C@@H]2OC(C)(C)O[C@@H]21. The van der Waals surface area contributed by atoms with Crippen LogP contribution in [0.15, 0.2) is 16.8 Å². The Morgan fingerprint density at radius 3 is 2.33 bits per heavy atom. The molecular weight excluding hydrogens is 700 g/mol. The third-order valence-corrected chi connectivity index (χ3v) is 13.8. The van der Waals surface area contributed by atoms with Crippen LogP contribution < -0.4 is 10.8 Å². The first-order chi connectivity index (χ1) is 22.7. The van der Waals surface area contributed by atoms with Gasteiger partial charge in [-0.25, -0.2) is 4.99 Å². The number of nitrogens with zero attached hydrogens (tertiary/aromatic N) is 3. The Kier molecular flexibility index (Phi) is 11.7. The predicted octanol–water partition coefficient (Wildman–Crippen LogP) is 6.31. The van der Waals surface area contributed by atoms with Crippen LogP contribution in [0.25, 0.3) is 0 Å². The molecule has 49 heavy (non-hydrogen) atoms. The van der Waals surface area contributed by atoms with E-state index in [9.17, 15) is 9.13 Å². The van der Waals surface area contributed by atoms with Crippen molar-refractivity contribution in [1.82, 2.24) is 15.2 Å². The Bertz CT molecular complexity index is 1520. The second-order valence-corrected chi connectivity index (χ2v) is 20.1. The number of aromatic amines is 1. The zero-order chi connectivity index (χ0) is 35.9. The highest BCUT2D eigenvalue weighted by Crippen LogP contribution is 2.67.